The number of hydrogen-bond donors (Lipinski definition) is 0. The standard InChI is InChI=1S/C28H25NO6/c1-32-15-14-29-25(24-26(30)20-10-6-7-11-21(20)35-27(24)28(29)31)19-12-13-22(23(16-19)33-2)34-17-18-8-4-3-5-9-18/h3-13,16,25H,14-15,17H2,1-2H3. The van der Waals surface area contributed by atoms with E-state index in [9.17, 15) is 9.59 Å². The fraction of sp³-hybridized carbons (Fsp3) is 0.214. The first-order chi connectivity index (χ1) is 17.1. The molecule has 5 rings (SSSR count). The number of carbonyl (C=O) groups is 1. The predicted molar refractivity (Wildman–Crippen MR) is 131 cm³/mol. The fourth-order valence-electron chi connectivity index (χ4n) is 4.44. The maximum atomic E-state index is 13.5. The number of ether oxygens (including phenoxy) is 3. The van der Waals surface area contributed by atoms with Gasteiger partial charge in [-0.05, 0) is 35.4 Å². The van der Waals surface area contributed by atoms with Crippen molar-refractivity contribution >= 4 is 16.9 Å². The van der Waals surface area contributed by atoms with Crippen LogP contribution in [0.4, 0.5) is 0 Å². The number of para-hydroxylation sites is 1. The lowest BCUT2D eigenvalue weighted by Gasteiger charge is -2.25. The van der Waals surface area contributed by atoms with E-state index in [0.29, 0.717) is 47.8 Å². The van der Waals surface area contributed by atoms with Gasteiger partial charge in [0.15, 0.2) is 16.9 Å². The van der Waals surface area contributed by atoms with Gasteiger partial charge in [0.1, 0.15) is 12.2 Å². The third-order valence-electron chi connectivity index (χ3n) is 6.15. The lowest BCUT2D eigenvalue weighted by molar-refractivity contribution is 0.0663. The number of nitrogens with zero attached hydrogens (tertiary/aromatic N) is 1. The van der Waals surface area contributed by atoms with Crippen molar-refractivity contribution in [2.45, 2.75) is 12.6 Å². The zero-order valence-corrected chi connectivity index (χ0v) is 19.5. The van der Waals surface area contributed by atoms with Gasteiger partial charge in [0.05, 0.1) is 30.7 Å². The maximum Gasteiger partial charge on any atom is 0.290 e. The number of rotatable bonds is 8. The molecule has 1 amide bonds. The third kappa shape index (κ3) is 4.15. The summed E-state index contributed by atoms with van der Waals surface area (Å²) in [5, 5.41) is 0.437. The third-order valence-corrected chi connectivity index (χ3v) is 6.15. The molecule has 1 aliphatic heterocycles. The molecular weight excluding hydrogens is 446 g/mol. The average molecular weight is 472 g/mol. The van der Waals surface area contributed by atoms with Crippen molar-refractivity contribution in [1.29, 1.82) is 0 Å². The second-order valence-corrected chi connectivity index (χ2v) is 8.25. The first kappa shape index (κ1) is 22.7. The van der Waals surface area contributed by atoms with E-state index in [1.54, 1.807) is 49.5 Å². The molecule has 0 spiro atoms. The Labute approximate surface area is 202 Å². The summed E-state index contributed by atoms with van der Waals surface area (Å²) in [6, 6.07) is 21.6. The Morgan fingerprint density at radius 1 is 0.914 bits per heavy atom. The Morgan fingerprint density at radius 3 is 2.46 bits per heavy atom. The lowest BCUT2D eigenvalue weighted by Crippen LogP contribution is -2.32. The Kier molecular flexibility index (Phi) is 6.25. The maximum absolute atomic E-state index is 13.5. The summed E-state index contributed by atoms with van der Waals surface area (Å²) in [5.74, 6) is 0.807. The molecule has 0 saturated carbocycles. The van der Waals surface area contributed by atoms with Crippen molar-refractivity contribution in [3.63, 3.8) is 0 Å². The second kappa shape index (κ2) is 9.64. The first-order valence-corrected chi connectivity index (χ1v) is 11.3. The van der Waals surface area contributed by atoms with Crippen LogP contribution in [0.2, 0.25) is 0 Å². The smallest absolute Gasteiger partial charge is 0.290 e. The Balaban J connectivity index is 1.57. The van der Waals surface area contributed by atoms with Crippen LogP contribution in [0.5, 0.6) is 11.5 Å². The molecule has 0 saturated heterocycles. The van der Waals surface area contributed by atoms with E-state index >= 15 is 0 Å². The van der Waals surface area contributed by atoms with Gasteiger partial charge in [0.2, 0.25) is 5.76 Å². The quantitative estimate of drug-likeness (QED) is 0.375. The monoisotopic (exact) mass is 471 g/mol. The highest BCUT2D eigenvalue weighted by Gasteiger charge is 2.42. The number of methoxy groups -OCH3 is 2. The van der Waals surface area contributed by atoms with Crippen molar-refractivity contribution < 1.29 is 23.4 Å². The zero-order chi connectivity index (χ0) is 24.4. The van der Waals surface area contributed by atoms with Crippen LogP contribution in [0.15, 0.2) is 82.0 Å². The van der Waals surface area contributed by atoms with E-state index < -0.39 is 6.04 Å². The van der Waals surface area contributed by atoms with Crippen LogP contribution in [0.1, 0.15) is 33.3 Å². The lowest BCUT2D eigenvalue weighted by atomic mass is 9.98. The summed E-state index contributed by atoms with van der Waals surface area (Å²) in [6.07, 6.45) is 0. The van der Waals surface area contributed by atoms with E-state index in [1.807, 2.05) is 42.5 Å². The molecule has 1 unspecified atom stereocenters. The SMILES string of the molecule is COCCN1C(=O)c2oc3ccccc3c(=O)c2C1c1ccc(OCc2ccccc2)c(OC)c1. The molecule has 1 atom stereocenters. The zero-order valence-electron chi connectivity index (χ0n) is 19.5. The van der Waals surface area contributed by atoms with Crippen molar-refractivity contribution in [1.82, 2.24) is 4.90 Å². The largest absolute Gasteiger partial charge is 0.493 e. The van der Waals surface area contributed by atoms with E-state index in [4.69, 9.17) is 18.6 Å². The van der Waals surface area contributed by atoms with Crippen LogP contribution in [0, 0.1) is 0 Å². The van der Waals surface area contributed by atoms with E-state index in [2.05, 4.69) is 0 Å². The van der Waals surface area contributed by atoms with Crippen molar-refractivity contribution in [2.24, 2.45) is 0 Å². The molecule has 1 aromatic heterocycles. The molecular formula is C28H25NO6. The van der Waals surface area contributed by atoms with Gasteiger partial charge in [-0.3, -0.25) is 9.59 Å². The van der Waals surface area contributed by atoms with Crippen LogP contribution in [-0.2, 0) is 11.3 Å². The minimum atomic E-state index is -0.634. The second-order valence-electron chi connectivity index (χ2n) is 8.25. The van der Waals surface area contributed by atoms with Gasteiger partial charge in [0.25, 0.3) is 5.91 Å². The summed E-state index contributed by atoms with van der Waals surface area (Å²) in [6.45, 7) is 1.00. The summed E-state index contributed by atoms with van der Waals surface area (Å²) >= 11 is 0. The number of hydrogen-bond acceptors (Lipinski definition) is 6. The normalized spacial score (nSPS) is 14.9. The first-order valence-electron chi connectivity index (χ1n) is 11.3. The Bertz CT molecular complexity index is 1430. The van der Waals surface area contributed by atoms with Crippen LogP contribution >= 0.6 is 0 Å². The highest BCUT2D eigenvalue weighted by Crippen LogP contribution is 2.40. The molecule has 0 N–H and O–H groups in total. The van der Waals surface area contributed by atoms with Gasteiger partial charge in [-0.15, -0.1) is 0 Å². The minimum absolute atomic E-state index is 0.0678. The average Bonchev–Trinajstić information content (AvgIpc) is 3.18. The summed E-state index contributed by atoms with van der Waals surface area (Å²) in [7, 11) is 3.13. The molecule has 4 aromatic rings. The highest BCUT2D eigenvalue weighted by molar-refractivity contribution is 5.99. The molecule has 0 aliphatic carbocycles. The molecule has 3 aromatic carbocycles. The molecule has 2 heterocycles. The van der Waals surface area contributed by atoms with Gasteiger partial charge >= 0.3 is 0 Å². The van der Waals surface area contributed by atoms with Gasteiger partial charge in [-0.25, -0.2) is 0 Å². The highest BCUT2D eigenvalue weighted by atomic mass is 16.5. The van der Waals surface area contributed by atoms with Gasteiger partial charge in [-0.1, -0.05) is 48.5 Å². The van der Waals surface area contributed by atoms with Crippen LogP contribution in [0.3, 0.4) is 0 Å². The Morgan fingerprint density at radius 2 is 1.69 bits per heavy atom. The van der Waals surface area contributed by atoms with E-state index in [0.717, 1.165) is 11.1 Å². The molecule has 0 radical (unpaired) electrons. The number of fused-ring (bicyclic) bond motifs is 2. The fourth-order valence-corrected chi connectivity index (χ4v) is 4.44. The molecule has 0 bridgehead atoms. The van der Waals surface area contributed by atoms with Crippen molar-refractivity contribution in [3.8, 4) is 11.5 Å². The molecule has 178 valence electrons. The van der Waals surface area contributed by atoms with Gasteiger partial charge < -0.3 is 23.5 Å². The van der Waals surface area contributed by atoms with Crippen molar-refractivity contribution in [3.05, 3.63) is 105 Å². The number of amides is 1. The number of benzene rings is 3. The molecule has 1 aliphatic rings. The summed E-state index contributed by atoms with van der Waals surface area (Å²) in [4.78, 5) is 28.5. The number of carbonyl (C=O) groups excluding carboxylic acids is 1. The minimum Gasteiger partial charge on any atom is -0.493 e. The van der Waals surface area contributed by atoms with Crippen LogP contribution in [0.25, 0.3) is 11.0 Å². The molecule has 7 heteroatoms. The predicted octanol–water partition coefficient (Wildman–Crippen LogP) is 4.57. The van der Waals surface area contributed by atoms with Crippen LogP contribution in [-0.4, -0.2) is 38.2 Å². The van der Waals surface area contributed by atoms with Gasteiger partial charge in [0, 0.05) is 13.7 Å². The summed E-state index contributed by atoms with van der Waals surface area (Å²) in [5.41, 5.74) is 2.25. The molecule has 7 nitrogen and oxygen atoms in total. The molecule has 0 fully saturated rings. The summed E-state index contributed by atoms with van der Waals surface area (Å²) < 4.78 is 22.8. The molecule has 35 heavy (non-hydrogen) atoms. The van der Waals surface area contributed by atoms with Gasteiger partial charge in [-0.2, -0.15) is 0 Å². The van der Waals surface area contributed by atoms with E-state index in [1.165, 1.54) is 0 Å². The van der Waals surface area contributed by atoms with E-state index in [-0.39, 0.29) is 17.1 Å². The van der Waals surface area contributed by atoms with Crippen molar-refractivity contribution in [2.75, 3.05) is 27.4 Å². The Hall–Kier alpha value is -4.10. The van der Waals surface area contributed by atoms with Crippen LogP contribution < -0.4 is 14.9 Å². The topological polar surface area (TPSA) is 78.2 Å².